The first-order valence-corrected chi connectivity index (χ1v) is 4.85. The minimum atomic E-state index is 0.0783. The van der Waals surface area contributed by atoms with Crippen molar-refractivity contribution in [2.45, 2.75) is 13.3 Å². The van der Waals surface area contributed by atoms with Crippen molar-refractivity contribution in [1.82, 2.24) is 15.0 Å². The maximum absolute atomic E-state index is 5.59. The van der Waals surface area contributed by atoms with Gasteiger partial charge in [-0.15, -0.1) is 0 Å². The Labute approximate surface area is 92.4 Å². The van der Waals surface area contributed by atoms with Gasteiger partial charge in [0, 0.05) is 6.54 Å². The van der Waals surface area contributed by atoms with Crippen molar-refractivity contribution in [1.29, 1.82) is 0 Å². The van der Waals surface area contributed by atoms with Gasteiger partial charge in [0.15, 0.2) is 0 Å². The molecule has 1 aromatic heterocycles. The first kappa shape index (κ1) is 11.2. The number of anilines is 1. The van der Waals surface area contributed by atoms with Crippen LogP contribution in [0.3, 0.4) is 0 Å². The maximum atomic E-state index is 5.59. The van der Waals surface area contributed by atoms with Crippen LogP contribution in [0.5, 0.6) is 0 Å². The van der Waals surface area contributed by atoms with Gasteiger partial charge in [-0.2, -0.15) is 15.0 Å². The molecule has 6 heteroatoms. The van der Waals surface area contributed by atoms with E-state index in [2.05, 4.69) is 26.8 Å². The Hall–Kier alpha value is -0.870. The van der Waals surface area contributed by atoms with Gasteiger partial charge < -0.3 is 5.32 Å². The van der Waals surface area contributed by atoms with Gasteiger partial charge in [0.05, 0.1) is 0 Å². The van der Waals surface area contributed by atoms with Gasteiger partial charge in [-0.05, 0) is 29.6 Å². The fourth-order valence-electron chi connectivity index (χ4n) is 0.734. The van der Waals surface area contributed by atoms with E-state index >= 15 is 0 Å². The van der Waals surface area contributed by atoms with Crippen molar-refractivity contribution in [3.63, 3.8) is 0 Å². The summed E-state index contributed by atoms with van der Waals surface area (Å²) in [5, 5.41) is 3.10. The summed E-state index contributed by atoms with van der Waals surface area (Å²) in [5.41, 5.74) is 1.05. The van der Waals surface area contributed by atoms with E-state index < -0.39 is 0 Å². The number of aromatic nitrogens is 3. The van der Waals surface area contributed by atoms with Gasteiger partial charge in [0.2, 0.25) is 16.5 Å². The molecular weight excluding hydrogens is 223 g/mol. The lowest BCUT2D eigenvalue weighted by atomic mass is 10.2. The molecule has 14 heavy (non-hydrogen) atoms. The molecule has 0 aromatic carbocycles. The Morgan fingerprint density at radius 1 is 1.29 bits per heavy atom. The topological polar surface area (TPSA) is 50.7 Å². The van der Waals surface area contributed by atoms with Crippen molar-refractivity contribution < 1.29 is 0 Å². The number of hydrogen-bond donors (Lipinski definition) is 1. The van der Waals surface area contributed by atoms with Crippen LogP contribution >= 0.6 is 23.2 Å². The molecule has 0 saturated heterocycles. The summed E-state index contributed by atoms with van der Waals surface area (Å²) in [6.07, 6.45) is 0.902. The molecule has 0 unspecified atom stereocenters. The molecule has 1 heterocycles. The predicted molar refractivity (Wildman–Crippen MR) is 57.8 cm³/mol. The Morgan fingerprint density at radius 3 is 2.36 bits per heavy atom. The molecule has 0 radical (unpaired) electrons. The van der Waals surface area contributed by atoms with Crippen molar-refractivity contribution in [3.8, 4) is 0 Å². The molecule has 1 rings (SSSR count). The van der Waals surface area contributed by atoms with E-state index in [-0.39, 0.29) is 10.6 Å². The molecule has 4 nitrogen and oxygen atoms in total. The molecule has 0 bridgehead atoms. The molecule has 0 aliphatic heterocycles. The van der Waals surface area contributed by atoms with Crippen LogP contribution in [0.25, 0.3) is 0 Å². The van der Waals surface area contributed by atoms with Crippen LogP contribution in [-0.2, 0) is 0 Å². The standard InChI is InChI=1S/C8H10Cl2N4/c1-3-5(2)4-11-8-13-6(9)12-7(10)14-8/h2-4H2,1H3,(H,11,12,13,14). The van der Waals surface area contributed by atoms with E-state index in [0.29, 0.717) is 12.5 Å². The van der Waals surface area contributed by atoms with Crippen molar-refractivity contribution in [3.05, 3.63) is 22.7 Å². The van der Waals surface area contributed by atoms with Gasteiger partial charge in [-0.1, -0.05) is 19.1 Å². The van der Waals surface area contributed by atoms with E-state index in [0.717, 1.165) is 12.0 Å². The largest absolute Gasteiger partial charge is 0.350 e. The second kappa shape index (κ2) is 5.12. The highest BCUT2D eigenvalue weighted by Gasteiger charge is 2.02. The van der Waals surface area contributed by atoms with E-state index in [1.165, 1.54) is 0 Å². The lowest BCUT2D eigenvalue weighted by molar-refractivity contribution is 0.992. The Bertz CT molecular complexity index is 320. The fourth-order valence-corrected chi connectivity index (χ4v) is 1.10. The van der Waals surface area contributed by atoms with Crippen LogP contribution in [0, 0.1) is 0 Å². The quantitative estimate of drug-likeness (QED) is 0.812. The number of halogens is 2. The lowest BCUT2D eigenvalue weighted by Gasteiger charge is -2.05. The molecule has 0 aliphatic carbocycles. The Kier molecular flexibility index (Phi) is 4.10. The second-order valence-corrected chi connectivity index (χ2v) is 3.33. The summed E-state index contributed by atoms with van der Waals surface area (Å²) in [6.45, 7) is 6.46. The second-order valence-electron chi connectivity index (χ2n) is 2.65. The van der Waals surface area contributed by atoms with Gasteiger partial charge in [0.25, 0.3) is 0 Å². The molecule has 0 saturated carbocycles. The SMILES string of the molecule is C=C(CC)CNc1nc(Cl)nc(Cl)n1. The summed E-state index contributed by atoms with van der Waals surface area (Å²) in [5.74, 6) is 0.365. The van der Waals surface area contributed by atoms with Gasteiger partial charge in [-0.3, -0.25) is 0 Å². The van der Waals surface area contributed by atoms with Gasteiger partial charge in [-0.25, -0.2) is 0 Å². The van der Waals surface area contributed by atoms with E-state index in [1.807, 2.05) is 6.92 Å². The molecule has 1 aromatic rings. The van der Waals surface area contributed by atoms with Crippen LogP contribution in [0.4, 0.5) is 5.95 Å². The fraction of sp³-hybridized carbons (Fsp3) is 0.375. The third-order valence-corrected chi connectivity index (χ3v) is 1.92. The number of nitrogens with zero attached hydrogens (tertiary/aromatic N) is 3. The Morgan fingerprint density at radius 2 is 1.86 bits per heavy atom. The molecule has 0 fully saturated rings. The maximum Gasteiger partial charge on any atom is 0.228 e. The van der Waals surface area contributed by atoms with Crippen LogP contribution in [0.2, 0.25) is 10.6 Å². The van der Waals surface area contributed by atoms with Crippen molar-refractivity contribution >= 4 is 29.2 Å². The molecule has 0 spiro atoms. The predicted octanol–water partition coefficient (Wildman–Crippen LogP) is 2.56. The minimum absolute atomic E-state index is 0.0783. The molecule has 76 valence electrons. The third-order valence-electron chi connectivity index (χ3n) is 1.58. The van der Waals surface area contributed by atoms with Gasteiger partial charge in [0.1, 0.15) is 0 Å². The normalized spacial score (nSPS) is 9.93. The highest BCUT2D eigenvalue weighted by molar-refractivity contribution is 6.31. The van der Waals surface area contributed by atoms with E-state index in [1.54, 1.807) is 0 Å². The smallest absolute Gasteiger partial charge is 0.228 e. The van der Waals surface area contributed by atoms with Crippen molar-refractivity contribution in [2.24, 2.45) is 0 Å². The van der Waals surface area contributed by atoms with Crippen LogP contribution in [0.1, 0.15) is 13.3 Å². The zero-order chi connectivity index (χ0) is 10.6. The molecular formula is C8H10Cl2N4. The highest BCUT2D eigenvalue weighted by Crippen LogP contribution is 2.09. The summed E-state index contributed by atoms with van der Waals surface area (Å²) >= 11 is 11.2. The monoisotopic (exact) mass is 232 g/mol. The molecule has 0 amide bonds. The van der Waals surface area contributed by atoms with Crippen LogP contribution in [-0.4, -0.2) is 21.5 Å². The first-order valence-electron chi connectivity index (χ1n) is 4.09. The zero-order valence-corrected chi connectivity index (χ0v) is 9.23. The summed E-state index contributed by atoms with van der Waals surface area (Å²) in [6, 6.07) is 0. The number of hydrogen-bond acceptors (Lipinski definition) is 4. The van der Waals surface area contributed by atoms with Crippen LogP contribution < -0.4 is 5.32 Å². The number of nitrogens with one attached hydrogen (secondary N) is 1. The average molecular weight is 233 g/mol. The molecule has 0 atom stereocenters. The average Bonchev–Trinajstić information content (AvgIpc) is 2.12. The van der Waals surface area contributed by atoms with Gasteiger partial charge >= 0.3 is 0 Å². The summed E-state index contributed by atoms with van der Waals surface area (Å²) in [7, 11) is 0. The molecule has 0 aliphatic rings. The molecule has 1 N–H and O–H groups in total. The van der Waals surface area contributed by atoms with Crippen LogP contribution in [0.15, 0.2) is 12.2 Å². The van der Waals surface area contributed by atoms with E-state index in [9.17, 15) is 0 Å². The number of rotatable bonds is 4. The minimum Gasteiger partial charge on any atom is -0.350 e. The zero-order valence-electron chi connectivity index (χ0n) is 7.72. The summed E-state index contributed by atoms with van der Waals surface area (Å²) < 4.78 is 0. The van der Waals surface area contributed by atoms with E-state index in [4.69, 9.17) is 23.2 Å². The first-order chi connectivity index (χ1) is 6.61. The lowest BCUT2D eigenvalue weighted by Crippen LogP contribution is -2.07. The highest BCUT2D eigenvalue weighted by atomic mass is 35.5. The van der Waals surface area contributed by atoms with Crippen molar-refractivity contribution in [2.75, 3.05) is 11.9 Å². The third kappa shape index (κ3) is 3.47. The summed E-state index contributed by atoms with van der Waals surface area (Å²) in [4.78, 5) is 11.3. The Balaban J connectivity index is 2.63.